The summed E-state index contributed by atoms with van der Waals surface area (Å²) in [6.45, 7) is 0. The maximum absolute atomic E-state index is 11.0. The van der Waals surface area contributed by atoms with E-state index in [9.17, 15) is 9.59 Å². The average molecular weight is 347 g/mol. The summed E-state index contributed by atoms with van der Waals surface area (Å²) in [6, 6.07) is 5.25. The molecule has 0 bridgehead atoms. The molecule has 0 aliphatic heterocycles. The highest BCUT2D eigenvalue weighted by atomic mass is 79.9. The zero-order valence-corrected chi connectivity index (χ0v) is 12.7. The van der Waals surface area contributed by atoms with Gasteiger partial charge in [0.2, 0.25) is 0 Å². The van der Waals surface area contributed by atoms with Gasteiger partial charge in [0.1, 0.15) is 0 Å². The lowest BCUT2D eigenvalue weighted by atomic mass is 10.2. The third-order valence-electron chi connectivity index (χ3n) is 2.47. The van der Waals surface area contributed by atoms with Gasteiger partial charge in [-0.05, 0) is 52.7 Å². The normalized spacial score (nSPS) is 10.4. The van der Waals surface area contributed by atoms with E-state index in [1.807, 2.05) is 6.07 Å². The molecule has 0 fully saturated rings. The van der Waals surface area contributed by atoms with Gasteiger partial charge in [-0.25, -0.2) is 4.79 Å². The van der Waals surface area contributed by atoms with Crippen molar-refractivity contribution in [2.75, 3.05) is 5.75 Å². The minimum atomic E-state index is -0.948. The number of aromatic carboxylic acids is 1. The zero-order valence-electron chi connectivity index (χ0n) is 10.3. The van der Waals surface area contributed by atoms with Crippen molar-refractivity contribution in [3.63, 3.8) is 0 Å². The number of halogens is 1. The summed E-state index contributed by atoms with van der Waals surface area (Å²) >= 11 is 4.79. The van der Waals surface area contributed by atoms with Crippen LogP contribution in [0.15, 0.2) is 27.6 Å². The van der Waals surface area contributed by atoms with Gasteiger partial charge in [0.05, 0.1) is 5.56 Å². The third kappa shape index (κ3) is 6.11. The van der Waals surface area contributed by atoms with Gasteiger partial charge in [-0.15, -0.1) is 11.8 Å². The van der Waals surface area contributed by atoms with Crippen molar-refractivity contribution in [3.05, 3.63) is 28.2 Å². The number of unbranched alkanes of at least 4 members (excludes halogenated alkanes) is 2. The zero-order chi connectivity index (χ0) is 14.3. The SMILES string of the molecule is O=C(O)CCCCCSc1ccc(Br)c(C(=O)O)c1. The molecule has 4 nitrogen and oxygen atoms in total. The smallest absolute Gasteiger partial charge is 0.336 e. The molecule has 0 aliphatic rings. The number of hydrogen-bond donors (Lipinski definition) is 2. The number of carboxylic acid groups (broad SMARTS) is 2. The Balaban J connectivity index is 2.35. The van der Waals surface area contributed by atoms with E-state index >= 15 is 0 Å². The Kier molecular flexibility index (Phi) is 6.94. The summed E-state index contributed by atoms with van der Waals surface area (Å²) in [5, 5.41) is 17.5. The number of carboxylic acids is 2. The third-order valence-corrected chi connectivity index (χ3v) is 4.24. The number of hydrogen-bond acceptors (Lipinski definition) is 3. The van der Waals surface area contributed by atoms with Crippen molar-refractivity contribution in [2.45, 2.75) is 30.6 Å². The summed E-state index contributed by atoms with van der Waals surface area (Å²) in [6.07, 6.45) is 2.71. The first-order valence-corrected chi connectivity index (χ1v) is 7.66. The number of aliphatic carboxylic acids is 1. The second kappa shape index (κ2) is 8.22. The van der Waals surface area contributed by atoms with Crippen molar-refractivity contribution in [1.82, 2.24) is 0 Å². The first kappa shape index (κ1) is 16.0. The standard InChI is InChI=1S/C13H15BrO4S/c14-11-6-5-9(8-10(11)13(17)18)19-7-3-1-2-4-12(15)16/h5-6,8H,1-4,7H2,(H,15,16)(H,17,18). The summed E-state index contributed by atoms with van der Waals surface area (Å²) < 4.78 is 0.575. The van der Waals surface area contributed by atoms with E-state index < -0.39 is 11.9 Å². The highest BCUT2D eigenvalue weighted by Crippen LogP contribution is 2.25. The van der Waals surface area contributed by atoms with Crippen LogP contribution >= 0.6 is 27.7 Å². The minimum absolute atomic E-state index is 0.214. The van der Waals surface area contributed by atoms with E-state index in [1.54, 1.807) is 23.9 Å². The molecule has 0 saturated carbocycles. The first-order valence-electron chi connectivity index (χ1n) is 5.88. The summed E-state index contributed by atoms with van der Waals surface area (Å²) in [4.78, 5) is 22.2. The van der Waals surface area contributed by atoms with Crippen LogP contribution in [-0.2, 0) is 4.79 Å². The Bertz CT molecular complexity index is 462. The van der Waals surface area contributed by atoms with Crippen LogP contribution in [0.5, 0.6) is 0 Å². The van der Waals surface area contributed by atoms with E-state index in [2.05, 4.69) is 15.9 Å². The van der Waals surface area contributed by atoms with Gasteiger partial charge in [-0.1, -0.05) is 6.42 Å². The molecule has 0 unspecified atom stereocenters. The molecule has 0 radical (unpaired) electrons. The highest BCUT2D eigenvalue weighted by Gasteiger charge is 2.09. The Hall–Kier alpha value is -1.01. The summed E-state index contributed by atoms with van der Waals surface area (Å²) in [7, 11) is 0. The Morgan fingerprint density at radius 3 is 2.53 bits per heavy atom. The molecule has 0 spiro atoms. The van der Waals surface area contributed by atoms with Crippen molar-refractivity contribution in [1.29, 1.82) is 0 Å². The molecular weight excluding hydrogens is 332 g/mol. The Morgan fingerprint density at radius 2 is 1.89 bits per heavy atom. The molecule has 1 aromatic carbocycles. The lowest BCUT2D eigenvalue weighted by molar-refractivity contribution is -0.137. The van der Waals surface area contributed by atoms with Crippen molar-refractivity contribution >= 4 is 39.6 Å². The molecule has 0 aliphatic carbocycles. The average Bonchev–Trinajstić information content (AvgIpc) is 2.34. The van der Waals surface area contributed by atoms with E-state index in [-0.39, 0.29) is 12.0 Å². The maximum atomic E-state index is 11.0. The predicted octanol–water partition coefficient (Wildman–Crippen LogP) is 3.88. The molecule has 1 aromatic rings. The van der Waals surface area contributed by atoms with Crippen LogP contribution < -0.4 is 0 Å². The number of rotatable bonds is 8. The summed E-state index contributed by atoms with van der Waals surface area (Å²) in [5.41, 5.74) is 0.260. The van der Waals surface area contributed by atoms with Gasteiger partial charge in [0.25, 0.3) is 0 Å². The molecule has 6 heteroatoms. The van der Waals surface area contributed by atoms with Crippen LogP contribution in [0.2, 0.25) is 0 Å². The largest absolute Gasteiger partial charge is 0.481 e. The lowest BCUT2D eigenvalue weighted by Gasteiger charge is -2.04. The Morgan fingerprint density at radius 1 is 1.16 bits per heavy atom. The van der Waals surface area contributed by atoms with E-state index in [0.29, 0.717) is 10.9 Å². The number of thioether (sulfide) groups is 1. The number of carbonyl (C=O) groups is 2. The van der Waals surface area contributed by atoms with Crippen molar-refractivity contribution in [3.8, 4) is 0 Å². The molecule has 19 heavy (non-hydrogen) atoms. The molecule has 0 aromatic heterocycles. The molecule has 1 rings (SSSR count). The van der Waals surface area contributed by atoms with Crippen LogP contribution in [0.25, 0.3) is 0 Å². The number of benzene rings is 1. The summed E-state index contributed by atoms with van der Waals surface area (Å²) in [5.74, 6) is -0.845. The van der Waals surface area contributed by atoms with Gasteiger partial charge in [-0.2, -0.15) is 0 Å². The quantitative estimate of drug-likeness (QED) is 0.551. The fourth-order valence-corrected chi connectivity index (χ4v) is 2.87. The molecule has 0 saturated heterocycles. The predicted molar refractivity (Wildman–Crippen MR) is 77.9 cm³/mol. The van der Waals surface area contributed by atoms with Crippen molar-refractivity contribution in [2.24, 2.45) is 0 Å². The van der Waals surface area contributed by atoms with E-state index in [0.717, 1.165) is 23.5 Å². The fraction of sp³-hybridized carbons (Fsp3) is 0.385. The first-order chi connectivity index (χ1) is 9.00. The molecule has 0 atom stereocenters. The second-order valence-corrected chi connectivity index (χ2v) is 6.02. The van der Waals surface area contributed by atoms with Gasteiger partial charge >= 0.3 is 11.9 Å². The van der Waals surface area contributed by atoms with Crippen LogP contribution in [0.1, 0.15) is 36.0 Å². The van der Waals surface area contributed by atoms with Gasteiger partial charge in [0, 0.05) is 15.8 Å². The minimum Gasteiger partial charge on any atom is -0.481 e. The van der Waals surface area contributed by atoms with Crippen LogP contribution in [0, 0.1) is 0 Å². The molecule has 2 N–H and O–H groups in total. The lowest BCUT2D eigenvalue weighted by Crippen LogP contribution is -1.97. The molecule has 0 heterocycles. The monoisotopic (exact) mass is 346 g/mol. The van der Waals surface area contributed by atoms with Gasteiger partial charge in [-0.3, -0.25) is 4.79 Å². The van der Waals surface area contributed by atoms with Crippen LogP contribution in [-0.4, -0.2) is 27.9 Å². The Labute approximate surface area is 124 Å². The molecule has 0 amide bonds. The van der Waals surface area contributed by atoms with Gasteiger partial charge in [0.15, 0.2) is 0 Å². The molecule has 104 valence electrons. The van der Waals surface area contributed by atoms with Gasteiger partial charge < -0.3 is 10.2 Å². The second-order valence-electron chi connectivity index (χ2n) is 4.00. The van der Waals surface area contributed by atoms with Crippen molar-refractivity contribution < 1.29 is 19.8 Å². The van der Waals surface area contributed by atoms with Crippen LogP contribution in [0.3, 0.4) is 0 Å². The van der Waals surface area contributed by atoms with Crippen LogP contribution in [0.4, 0.5) is 0 Å². The molecular formula is C13H15BrO4S. The highest BCUT2D eigenvalue weighted by molar-refractivity contribution is 9.10. The van der Waals surface area contributed by atoms with E-state index in [4.69, 9.17) is 10.2 Å². The fourth-order valence-electron chi connectivity index (χ4n) is 1.50. The van der Waals surface area contributed by atoms with E-state index in [1.165, 1.54) is 0 Å². The maximum Gasteiger partial charge on any atom is 0.336 e. The topological polar surface area (TPSA) is 74.6 Å².